The van der Waals surface area contributed by atoms with E-state index in [1.807, 2.05) is 22.9 Å². The maximum absolute atomic E-state index is 14.0. The van der Waals surface area contributed by atoms with Crippen LogP contribution in [0.3, 0.4) is 0 Å². The van der Waals surface area contributed by atoms with Gasteiger partial charge in [0.15, 0.2) is 5.76 Å². The highest BCUT2D eigenvalue weighted by Crippen LogP contribution is 2.24. The summed E-state index contributed by atoms with van der Waals surface area (Å²) in [4.78, 5) is 14.2. The molecule has 1 N–H and O–H groups in total. The van der Waals surface area contributed by atoms with Gasteiger partial charge < -0.3 is 9.73 Å². The fraction of sp³-hybridized carbons (Fsp3) is 0.300. The van der Waals surface area contributed by atoms with Crippen LogP contribution < -0.4 is 5.32 Å². The predicted octanol–water partition coefficient (Wildman–Crippen LogP) is 2.99. The summed E-state index contributed by atoms with van der Waals surface area (Å²) in [6.45, 7) is 2.54. The summed E-state index contributed by atoms with van der Waals surface area (Å²) in [6, 6.07) is 12.3. The minimum Gasteiger partial charge on any atom is -0.459 e. The SMILES string of the molecule is O=C(NCC[C@H]1CN(Cc2ccccc2F)Cc2ccnn21)c1ccco1. The van der Waals surface area contributed by atoms with E-state index < -0.39 is 0 Å². The number of hydrogen-bond donors (Lipinski definition) is 1. The average Bonchev–Trinajstić information content (AvgIpc) is 3.35. The first-order valence-electron chi connectivity index (χ1n) is 9.00. The van der Waals surface area contributed by atoms with Gasteiger partial charge in [0, 0.05) is 37.9 Å². The molecule has 1 aromatic carbocycles. The van der Waals surface area contributed by atoms with Crippen LogP contribution in [0.1, 0.15) is 34.3 Å². The monoisotopic (exact) mass is 368 g/mol. The molecule has 4 rings (SSSR count). The van der Waals surface area contributed by atoms with Gasteiger partial charge in [0.05, 0.1) is 18.0 Å². The third kappa shape index (κ3) is 3.93. The number of nitrogens with one attached hydrogen (secondary N) is 1. The molecule has 2 aromatic heterocycles. The van der Waals surface area contributed by atoms with Crippen molar-refractivity contribution in [2.45, 2.75) is 25.6 Å². The number of nitrogens with zero attached hydrogens (tertiary/aromatic N) is 3. The number of rotatable bonds is 6. The molecule has 27 heavy (non-hydrogen) atoms. The van der Waals surface area contributed by atoms with Crippen LogP contribution >= 0.6 is 0 Å². The topological polar surface area (TPSA) is 63.3 Å². The van der Waals surface area contributed by atoms with Gasteiger partial charge in [-0.15, -0.1) is 0 Å². The zero-order valence-electron chi connectivity index (χ0n) is 14.8. The van der Waals surface area contributed by atoms with Crippen molar-refractivity contribution in [2.24, 2.45) is 0 Å². The molecule has 1 aliphatic heterocycles. The van der Waals surface area contributed by atoms with Gasteiger partial charge in [-0.3, -0.25) is 14.4 Å². The van der Waals surface area contributed by atoms with Crippen LogP contribution in [0.15, 0.2) is 59.3 Å². The molecular weight excluding hydrogens is 347 g/mol. The van der Waals surface area contributed by atoms with Crippen LogP contribution in [0, 0.1) is 5.82 Å². The molecule has 140 valence electrons. The lowest BCUT2D eigenvalue weighted by Crippen LogP contribution is -2.39. The van der Waals surface area contributed by atoms with Crippen molar-refractivity contribution in [3.63, 3.8) is 0 Å². The first kappa shape index (κ1) is 17.5. The molecule has 6 nitrogen and oxygen atoms in total. The van der Waals surface area contributed by atoms with Gasteiger partial charge in [-0.25, -0.2) is 4.39 Å². The Bertz CT molecular complexity index is 906. The molecule has 3 heterocycles. The van der Waals surface area contributed by atoms with Gasteiger partial charge in [0.2, 0.25) is 0 Å². The fourth-order valence-corrected chi connectivity index (χ4v) is 3.51. The smallest absolute Gasteiger partial charge is 0.286 e. The molecule has 0 fully saturated rings. The first-order chi connectivity index (χ1) is 13.2. The Balaban J connectivity index is 1.39. The molecule has 7 heteroatoms. The Labute approximate surface area is 156 Å². The summed E-state index contributed by atoms with van der Waals surface area (Å²) in [5.41, 5.74) is 1.79. The number of fused-ring (bicyclic) bond motifs is 1. The van der Waals surface area contributed by atoms with Crippen LogP contribution in [0.25, 0.3) is 0 Å². The molecular formula is C20H21FN4O2. The van der Waals surface area contributed by atoms with Gasteiger partial charge in [0.1, 0.15) is 5.82 Å². The van der Waals surface area contributed by atoms with E-state index in [1.54, 1.807) is 24.4 Å². The molecule has 0 saturated heterocycles. The third-order valence-electron chi connectivity index (χ3n) is 4.81. The summed E-state index contributed by atoms with van der Waals surface area (Å²) < 4.78 is 21.1. The van der Waals surface area contributed by atoms with Crippen LogP contribution in [-0.2, 0) is 13.1 Å². The van der Waals surface area contributed by atoms with Crippen LogP contribution in [-0.4, -0.2) is 33.7 Å². The van der Waals surface area contributed by atoms with E-state index in [2.05, 4.69) is 15.3 Å². The summed E-state index contributed by atoms with van der Waals surface area (Å²) in [6.07, 6.45) is 4.00. The van der Waals surface area contributed by atoms with Crippen LogP contribution in [0.2, 0.25) is 0 Å². The highest BCUT2D eigenvalue weighted by atomic mass is 19.1. The molecule has 0 unspecified atom stereocenters. The number of hydrogen-bond acceptors (Lipinski definition) is 4. The highest BCUT2D eigenvalue weighted by Gasteiger charge is 2.26. The van der Waals surface area contributed by atoms with Gasteiger partial charge >= 0.3 is 0 Å². The standard InChI is InChI=1S/C20H21FN4O2/c21-18-5-2-1-4-15(18)12-24-13-16(25-17(14-24)8-10-23-25)7-9-22-20(26)19-6-3-11-27-19/h1-6,8,10-11,16H,7,9,12-14H2,(H,22,26)/t16-/m0/s1. The number of aromatic nitrogens is 2. The molecule has 0 bridgehead atoms. The lowest BCUT2D eigenvalue weighted by Gasteiger charge is -2.34. The van der Waals surface area contributed by atoms with Crippen molar-refractivity contribution in [2.75, 3.05) is 13.1 Å². The van der Waals surface area contributed by atoms with E-state index in [9.17, 15) is 9.18 Å². The van der Waals surface area contributed by atoms with Gasteiger partial charge in [0.25, 0.3) is 5.91 Å². The molecule has 0 spiro atoms. The van der Waals surface area contributed by atoms with Crippen molar-refractivity contribution in [1.82, 2.24) is 20.0 Å². The van der Waals surface area contributed by atoms with Crippen molar-refractivity contribution < 1.29 is 13.6 Å². The minimum atomic E-state index is -0.222. The van der Waals surface area contributed by atoms with E-state index in [0.717, 1.165) is 25.2 Å². The Kier molecular flexibility index (Phi) is 5.02. The second-order valence-electron chi connectivity index (χ2n) is 6.70. The normalized spacial score (nSPS) is 16.9. The zero-order chi connectivity index (χ0) is 18.6. The number of amides is 1. The number of furan rings is 1. The first-order valence-corrected chi connectivity index (χ1v) is 9.00. The Morgan fingerprint density at radius 3 is 2.96 bits per heavy atom. The number of carbonyl (C=O) groups excluding carboxylic acids is 1. The average molecular weight is 368 g/mol. The molecule has 1 aliphatic rings. The minimum absolute atomic E-state index is 0.118. The van der Waals surface area contributed by atoms with Gasteiger partial charge in [-0.2, -0.15) is 5.10 Å². The van der Waals surface area contributed by atoms with Gasteiger partial charge in [-0.1, -0.05) is 18.2 Å². The summed E-state index contributed by atoms with van der Waals surface area (Å²) in [5, 5.41) is 7.31. The summed E-state index contributed by atoms with van der Waals surface area (Å²) >= 11 is 0. The Morgan fingerprint density at radius 2 is 2.15 bits per heavy atom. The molecule has 0 aliphatic carbocycles. The Morgan fingerprint density at radius 1 is 1.26 bits per heavy atom. The molecule has 0 saturated carbocycles. The molecule has 1 atom stereocenters. The van der Waals surface area contributed by atoms with E-state index in [0.29, 0.717) is 24.4 Å². The van der Waals surface area contributed by atoms with E-state index in [4.69, 9.17) is 4.42 Å². The van der Waals surface area contributed by atoms with Crippen LogP contribution in [0.5, 0.6) is 0 Å². The number of halogens is 1. The lowest BCUT2D eigenvalue weighted by atomic mass is 10.1. The van der Waals surface area contributed by atoms with E-state index >= 15 is 0 Å². The van der Waals surface area contributed by atoms with Crippen molar-refractivity contribution >= 4 is 5.91 Å². The quantitative estimate of drug-likeness (QED) is 0.727. The van der Waals surface area contributed by atoms with Crippen molar-refractivity contribution in [3.8, 4) is 0 Å². The molecule has 1 amide bonds. The summed E-state index contributed by atoms with van der Waals surface area (Å²) in [7, 11) is 0. The van der Waals surface area contributed by atoms with Crippen LogP contribution in [0.4, 0.5) is 4.39 Å². The number of benzene rings is 1. The zero-order valence-corrected chi connectivity index (χ0v) is 14.8. The third-order valence-corrected chi connectivity index (χ3v) is 4.81. The maximum Gasteiger partial charge on any atom is 0.286 e. The highest BCUT2D eigenvalue weighted by molar-refractivity contribution is 5.91. The second kappa shape index (κ2) is 7.75. The van der Waals surface area contributed by atoms with Crippen molar-refractivity contribution in [1.29, 1.82) is 0 Å². The summed E-state index contributed by atoms with van der Waals surface area (Å²) in [5.74, 6) is -0.0989. The molecule has 3 aromatic rings. The van der Waals surface area contributed by atoms with E-state index in [1.165, 1.54) is 12.3 Å². The fourth-order valence-electron chi connectivity index (χ4n) is 3.51. The Hall–Kier alpha value is -2.93. The predicted molar refractivity (Wildman–Crippen MR) is 97.4 cm³/mol. The largest absolute Gasteiger partial charge is 0.459 e. The van der Waals surface area contributed by atoms with E-state index in [-0.39, 0.29) is 17.8 Å². The second-order valence-corrected chi connectivity index (χ2v) is 6.70. The molecule has 0 radical (unpaired) electrons. The maximum atomic E-state index is 14.0. The van der Waals surface area contributed by atoms with Crippen molar-refractivity contribution in [3.05, 3.63) is 77.8 Å². The van der Waals surface area contributed by atoms with Gasteiger partial charge in [-0.05, 0) is 30.7 Å². The lowest BCUT2D eigenvalue weighted by molar-refractivity contribution is 0.0919. The number of carbonyl (C=O) groups is 1.